The summed E-state index contributed by atoms with van der Waals surface area (Å²) in [6, 6.07) is 3.67. The molecule has 0 aliphatic carbocycles. The molecule has 3 heteroatoms. The van der Waals surface area contributed by atoms with Gasteiger partial charge in [0, 0.05) is 4.88 Å². The third kappa shape index (κ3) is 24.9. The average Bonchev–Trinajstić information content (AvgIpc) is 2.91. The molecule has 0 saturated heterocycles. The Bertz CT molecular complexity index is 235. The number of carboxylic acid groups (broad SMARTS) is 1. The molecule has 0 atom stereocenters. The molecular formula is C14H22O2S. The zero-order valence-electron chi connectivity index (χ0n) is 10.4. The van der Waals surface area contributed by atoms with E-state index in [1.807, 2.05) is 17.5 Å². The summed E-state index contributed by atoms with van der Waals surface area (Å²) in [5.74, 6) is -0.766. The Kier molecular flexibility index (Phi) is 41.9. The fourth-order valence-corrected chi connectivity index (χ4v) is 1.26. The van der Waals surface area contributed by atoms with Gasteiger partial charge < -0.3 is 5.11 Å². The maximum absolute atomic E-state index is 10.1. The van der Waals surface area contributed by atoms with Gasteiger partial charge in [-0.1, -0.05) is 6.07 Å². The fraction of sp³-hybridized carbons (Fsp3) is 0.0714. The summed E-state index contributed by atoms with van der Waals surface area (Å²) in [5, 5.41) is 10.2. The minimum Gasteiger partial charge on any atom is -0.481 e. The molecule has 0 bridgehead atoms. The molecule has 0 fully saturated rings. The van der Waals surface area contributed by atoms with E-state index in [0.29, 0.717) is 0 Å². The minimum atomic E-state index is -0.766. The van der Waals surface area contributed by atoms with Gasteiger partial charge in [-0.2, -0.15) is 0 Å². The predicted molar refractivity (Wildman–Crippen MR) is 80.7 cm³/mol. The molecule has 1 N–H and O–H groups in total. The molecule has 1 aromatic heterocycles. The van der Waals surface area contributed by atoms with Crippen LogP contribution in [0.1, 0.15) is 4.88 Å². The van der Waals surface area contributed by atoms with E-state index in [9.17, 15) is 4.79 Å². The van der Waals surface area contributed by atoms with Crippen LogP contribution in [0.3, 0.4) is 0 Å². The van der Waals surface area contributed by atoms with Crippen molar-refractivity contribution < 1.29 is 9.90 Å². The molecule has 0 aromatic carbocycles. The van der Waals surface area contributed by atoms with Crippen LogP contribution in [0.5, 0.6) is 0 Å². The quantitative estimate of drug-likeness (QED) is 0.784. The van der Waals surface area contributed by atoms with Crippen molar-refractivity contribution in [2.75, 3.05) is 0 Å². The normalized spacial score (nSPS) is 5.88. The number of thiophene rings is 1. The van der Waals surface area contributed by atoms with Crippen LogP contribution in [0.15, 0.2) is 70.1 Å². The van der Waals surface area contributed by atoms with E-state index < -0.39 is 5.97 Å². The van der Waals surface area contributed by atoms with Crippen LogP contribution < -0.4 is 0 Å². The first-order chi connectivity index (χ1) is 8.29. The Balaban J connectivity index is -0.0000000905. The summed E-state index contributed by atoms with van der Waals surface area (Å²) in [7, 11) is 0. The number of aliphatic carboxylic acids is 1. The Morgan fingerprint density at radius 2 is 1.47 bits per heavy atom. The van der Waals surface area contributed by atoms with Crippen molar-refractivity contribution >= 4 is 17.3 Å². The van der Waals surface area contributed by atoms with Gasteiger partial charge in [-0.25, -0.2) is 0 Å². The van der Waals surface area contributed by atoms with E-state index in [1.54, 1.807) is 0 Å². The number of hydrogen-bond donors (Lipinski definition) is 1. The molecule has 1 aromatic rings. The highest BCUT2D eigenvalue weighted by Crippen LogP contribution is 2.08. The molecule has 17 heavy (non-hydrogen) atoms. The van der Waals surface area contributed by atoms with E-state index in [-0.39, 0.29) is 6.42 Å². The summed E-state index contributed by atoms with van der Waals surface area (Å²) in [6.45, 7) is 24.0. The van der Waals surface area contributed by atoms with Crippen molar-refractivity contribution in [3.05, 3.63) is 75.0 Å². The fourth-order valence-electron chi connectivity index (χ4n) is 0.562. The van der Waals surface area contributed by atoms with E-state index in [2.05, 4.69) is 52.6 Å². The summed E-state index contributed by atoms with van der Waals surface area (Å²) in [5.41, 5.74) is 0. The van der Waals surface area contributed by atoms with Crippen LogP contribution in [0.4, 0.5) is 0 Å². The van der Waals surface area contributed by atoms with Gasteiger partial charge in [0.1, 0.15) is 0 Å². The summed E-state index contributed by atoms with van der Waals surface area (Å²) >= 11 is 1.47. The lowest BCUT2D eigenvalue weighted by molar-refractivity contribution is -0.136. The molecule has 1 rings (SSSR count). The molecule has 0 aliphatic rings. The van der Waals surface area contributed by atoms with Gasteiger partial charge in [-0.3, -0.25) is 4.79 Å². The number of rotatable bonds is 2. The van der Waals surface area contributed by atoms with Gasteiger partial charge in [-0.05, 0) is 11.4 Å². The highest BCUT2D eigenvalue weighted by atomic mass is 32.1. The molecule has 0 spiro atoms. The Labute approximate surface area is 109 Å². The Morgan fingerprint density at radius 1 is 1.06 bits per heavy atom. The molecule has 0 saturated carbocycles. The van der Waals surface area contributed by atoms with Gasteiger partial charge in [0.15, 0.2) is 0 Å². The molecule has 1 heterocycles. The second kappa shape index (κ2) is 29.2. The van der Waals surface area contributed by atoms with E-state index in [1.165, 1.54) is 11.3 Å². The summed E-state index contributed by atoms with van der Waals surface area (Å²) in [6.07, 6.45) is 0.150. The van der Waals surface area contributed by atoms with Crippen LogP contribution >= 0.6 is 11.3 Å². The number of carboxylic acids is 1. The van der Waals surface area contributed by atoms with Crippen LogP contribution in [0.25, 0.3) is 0 Å². The zero-order chi connectivity index (χ0) is 14.7. The van der Waals surface area contributed by atoms with Crippen molar-refractivity contribution in [1.82, 2.24) is 0 Å². The lowest BCUT2D eigenvalue weighted by Gasteiger charge is -1.85. The monoisotopic (exact) mass is 254 g/mol. The van der Waals surface area contributed by atoms with Crippen molar-refractivity contribution in [3.8, 4) is 0 Å². The first-order valence-corrected chi connectivity index (χ1v) is 5.41. The summed E-state index contributed by atoms with van der Waals surface area (Å²) in [4.78, 5) is 11.0. The van der Waals surface area contributed by atoms with E-state index >= 15 is 0 Å². The van der Waals surface area contributed by atoms with Crippen molar-refractivity contribution in [3.63, 3.8) is 0 Å². The first-order valence-electron chi connectivity index (χ1n) is 4.53. The molecule has 0 unspecified atom stereocenters. The van der Waals surface area contributed by atoms with E-state index in [0.717, 1.165) is 4.88 Å². The van der Waals surface area contributed by atoms with Crippen LogP contribution in [0.2, 0.25) is 0 Å². The topological polar surface area (TPSA) is 37.3 Å². The Hall–Kier alpha value is -1.87. The zero-order valence-corrected chi connectivity index (χ0v) is 11.2. The van der Waals surface area contributed by atoms with Crippen LogP contribution in [-0.2, 0) is 11.2 Å². The van der Waals surface area contributed by atoms with Gasteiger partial charge >= 0.3 is 5.97 Å². The highest BCUT2D eigenvalue weighted by molar-refractivity contribution is 7.10. The van der Waals surface area contributed by atoms with Gasteiger partial charge in [0.2, 0.25) is 0 Å². The van der Waals surface area contributed by atoms with Crippen molar-refractivity contribution in [2.45, 2.75) is 6.42 Å². The van der Waals surface area contributed by atoms with Crippen LogP contribution in [0, 0.1) is 0 Å². The molecule has 0 radical (unpaired) electrons. The van der Waals surface area contributed by atoms with Crippen LogP contribution in [-0.4, -0.2) is 11.1 Å². The minimum absolute atomic E-state index is 0.150. The highest BCUT2D eigenvalue weighted by Gasteiger charge is 1.98. The Morgan fingerprint density at radius 3 is 1.71 bits per heavy atom. The maximum atomic E-state index is 10.1. The molecule has 0 aliphatic heterocycles. The summed E-state index contributed by atoms with van der Waals surface area (Å²) < 4.78 is 0. The smallest absolute Gasteiger partial charge is 0.308 e. The SMILES string of the molecule is C=C.C=C.C=C.C=C.O=C(O)Cc1cccs1. The standard InChI is InChI=1S/C6H6O2S.4C2H4/c7-6(8)4-5-2-1-3-9-5;4*1-2/h1-3H,4H2,(H,7,8);4*1-2H2. The predicted octanol–water partition coefficient (Wildman–Crippen LogP) is 4.58. The van der Waals surface area contributed by atoms with Crippen molar-refractivity contribution in [2.24, 2.45) is 0 Å². The number of carbonyl (C=O) groups is 1. The molecule has 2 nitrogen and oxygen atoms in total. The second-order valence-corrected chi connectivity index (χ2v) is 2.68. The molecular weight excluding hydrogens is 232 g/mol. The van der Waals surface area contributed by atoms with E-state index in [4.69, 9.17) is 5.11 Å². The average molecular weight is 254 g/mol. The van der Waals surface area contributed by atoms with Gasteiger partial charge in [-0.15, -0.1) is 64.0 Å². The largest absolute Gasteiger partial charge is 0.481 e. The molecule has 0 amide bonds. The first kappa shape index (κ1) is 24.4. The van der Waals surface area contributed by atoms with Crippen molar-refractivity contribution in [1.29, 1.82) is 0 Å². The second-order valence-electron chi connectivity index (χ2n) is 1.65. The lowest BCUT2D eigenvalue weighted by atomic mass is 10.3. The molecule has 96 valence electrons. The maximum Gasteiger partial charge on any atom is 0.308 e. The van der Waals surface area contributed by atoms with Gasteiger partial charge in [0.25, 0.3) is 0 Å². The number of hydrogen-bond acceptors (Lipinski definition) is 2. The van der Waals surface area contributed by atoms with Gasteiger partial charge in [0.05, 0.1) is 6.42 Å². The third-order valence-electron chi connectivity index (χ3n) is 0.906. The lowest BCUT2D eigenvalue weighted by Crippen LogP contribution is -1.96. The third-order valence-corrected chi connectivity index (χ3v) is 1.78.